The smallest absolute Gasteiger partial charge is 0.343 e. The van der Waals surface area contributed by atoms with Gasteiger partial charge in [0.05, 0.1) is 44.3 Å². The SMILES string of the molecule is CCOC(=O)c1c(O)c(Br)c(C(=O)OCC)c(O)c1Br.CCOC(=O)c1c(O)c(Br)c(C(=O)OCC)c(O)c1Br. The number of ether oxygens (including phenoxy) is 4. The van der Waals surface area contributed by atoms with Crippen molar-refractivity contribution in [3.05, 3.63) is 40.1 Å². The van der Waals surface area contributed by atoms with Crippen molar-refractivity contribution in [2.75, 3.05) is 26.4 Å². The fraction of sp³-hybridized carbons (Fsp3) is 0.333. The molecule has 0 amide bonds. The van der Waals surface area contributed by atoms with Gasteiger partial charge in [0.2, 0.25) is 0 Å². The molecule has 0 aliphatic rings. The Hall–Kier alpha value is -2.56. The minimum Gasteiger partial charge on any atom is -0.506 e. The molecular weight excluding hydrogens is 800 g/mol. The lowest BCUT2D eigenvalue weighted by molar-refractivity contribution is 0.0503. The predicted molar refractivity (Wildman–Crippen MR) is 154 cm³/mol. The second-order valence-electron chi connectivity index (χ2n) is 7.03. The van der Waals surface area contributed by atoms with Gasteiger partial charge < -0.3 is 39.4 Å². The van der Waals surface area contributed by atoms with Crippen LogP contribution in [0.1, 0.15) is 69.1 Å². The molecule has 220 valence electrons. The van der Waals surface area contributed by atoms with Crippen molar-refractivity contribution in [2.24, 2.45) is 0 Å². The van der Waals surface area contributed by atoms with Crippen LogP contribution in [0.25, 0.3) is 0 Å². The molecule has 0 spiro atoms. The number of carbonyl (C=O) groups is 4. The molecule has 0 fully saturated rings. The van der Waals surface area contributed by atoms with Gasteiger partial charge in [-0.2, -0.15) is 0 Å². The molecule has 0 bridgehead atoms. The molecule has 0 heterocycles. The number of aromatic hydroxyl groups is 4. The number of rotatable bonds is 8. The molecule has 2 rings (SSSR count). The van der Waals surface area contributed by atoms with E-state index in [9.17, 15) is 39.6 Å². The van der Waals surface area contributed by atoms with Crippen LogP contribution >= 0.6 is 63.7 Å². The third-order valence-electron chi connectivity index (χ3n) is 4.58. The quantitative estimate of drug-likeness (QED) is 0.140. The summed E-state index contributed by atoms with van der Waals surface area (Å²) in [6.45, 7) is 6.81. The van der Waals surface area contributed by atoms with Gasteiger partial charge in [-0.3, -0.25) is 0 Å². The number of phenols is 4. The normalized spacial score (nSPS) is 10.2. The van der Waals surface area contributed by atoms with Crippen molar-refractivity contribution in [1.29, 1.82) is 0 Å². The Bertz CT molecular complexity index is 1050. The molecule has 16 heteroatoms. The number of carbonyl (C=O) groups excluding carboxylic acids is 4. The summed E-state index contributed by atoms with van der Waals surface area (Å²) in [5.74, 6) is -5.39. The van der Waals surface area contributed by atoms with Gasteiger partial charge in [0.15, 0.2) is 0 Å². The van der Waals surface area contributed by atoms with Gasteiger partial charge in [-0.15, -0.1) is 0 Å². The van der Waals surface area contributed by atoms with Crippen LogP contribution in [0, 0.1) is 0 Å². The first kappa shape index (κ1) is 35.5. The first-order valence-corrected chi connectivity index (χ1v) is 14.4. The molecule has 40 heavy (non-hydrogen) atoms. The Morgan fingerprint density at radius 1 is 0.450 bits per heavy atom. The number of hydrogen-bond acceptors (Lipinski definition) is 12. The van der Waals surface area contributed by atoms with Crippen molar-refractivity contribution < 1.29 is 58.6 Å². The molecule has 0 saturated carbocycles. The summed E-state index contributed by atoms with van der Waals surface area (Å²) < 4.78 is 18.5. The zero-order valence-electron chi connectivity index (χ0n) is 21.4. The zero-order chi connectivity index (χ0) is 30.9. The number of esters is 4. The molecule has 2 aromatic rings. The van der Waals surface area contributed by atoms with E-state index in [2.05, 4.69) is 63.7 Å². The molecule has 0 aliphatic carbocycles. The molecule has 0 unspecified atom stereocenters. The van der Waals surface area contributed by atoms with Gasteiger partial charge in [-0.25, -0.2) is 19.2 Å². The first-order chi connectivity index (χ1) is 18.7. The summed E-state index contributed by atoms with van der Waals surface area (Å²) in [5, 5.41) is 40.0. The summed E-state index contributed by atoms with van der Waals surface area (Å²) >= 11 is 11.9. The van der Waals surface area contributed by atoms with Gasteiger partial charge in [0.1, 0.15) is 45.3 Å². The van der Waals surface area contributed by atoms with E-state index in [-0.39, 0.29) is 66.6 Å². The van der Waals surface area contributed by atoms with E-state index in [1.54, 1.807) is 27.7 Å². The van der Waals surface area contributed by atoms with E-state index < -0.39 is 46.9 Å². The van der Waals surface area contributed by atoms with Crippen LogP contribution in [0.3, 0.4) is 0 Å². The highest BCUT2D eigenvalue weighted by Crippen LogP contribution is 2.45. The van der Waals surface area contributed by atoms with E-state index in [4.69, 9.17) is 18.9 Å². The largest absolute Gasteiger partial charge is 0.506 e. The van der Waals surface area contributed by atoms with Crippen molar-refractivity contribution in [3.8, 4) is 23.0 Å². The second kappa shape index (κ2) is 16.0. The van der Waals surface area contributed by atoms with Crippen LogP contribution in [0.15, 0.2) is 17.9 Å². The molecule has 12 nitrogen and oxygen atoms in total. The third-order valence-corrected chi connectivity index (χ3v) is 7.66. The predicted octanol–water partition coefficient (Wildman–Crippen LogP) is 5.95. The van der Waals surface area contributed by atoms with Gasteiger partial charge in [-0.05, 0) is 91.4 Å². The Labute approximate surface area is 262 Å². The highest BCUT2D eigenvalue weighted by atomic mass is 79.9. The Kier molecular flexibility index (Phi) is 14.2. The average Bonchev–Trinajstić information content (AvgIpc) is 2.88. The van der Waals surface area contributed by atoms with Gasteiger partial charge in [-0.1, -0.05) is 0 Å². The highest BCUT2D eigenvalue weighted by molar-refractivity contribution is 9.11. The maximum absolute atomic E-state index is 11.7. The third kappa shape index (κ3) is 7.79. The van der Waals surface area contributed by atoms with Crippen LogP contribution in [-0.4, -0.2) is 70.7 Å². The minimum absolute atomic E-state index is 0.0999. The molecule has 0 atom stereocenters. The Balaban J connectivity index is 0.000000400. The summed E-state index contributed by atoms with van der Waals surface area (Å²) in [7, 11) is 0. The molecule has 0 aliphatic heterocycles. The zero-order valence-corrected chi connectivity index (χ0v) is 27.7. The van der Waals surface area contributed by atoms with E-state index >= 15 is 0 Å². The van der Waals surface area contributed by atoms with Gasteiger partial charge in [0.25, 0.3) is 0 Å². The van der Waals surface area contributed by atoms with E-state index in [1.165, 1.54) is 0 Å². The topological polar surface area (TPSA) is 186 Å². The molecule has 0 radical (unpaired) electrons. The summed E-state index contributed by atoms with van der Waals surface area (Å²) in [6.07, 6.45) is 0. The van der Waals surface area contributed by atoms with E-state index in [0.29, 0.717) is 0 Å². The van der Waals surface area contributed by atoms with Gasteiger partial charge in [0, 0.05) is 0 Å². The van der Waals surface area contributed by atoms with Crippen molar-refractivity contribution in [3.63, 3.8) is 0 Å². The monoisotopic (exact) mass is 820 g/mol. The van der Waals surface area contributed by atoms with Crippen LogP contribution in [-0.2, 0) is 18.9 Å². The summed E-state index contributed by atoms with van der Waals surface area (Å²) in [5.41, 5.74) is -1.10. The number of hydrogen-bond donors (Lipinski definition) is 4. The first-order valence-electron chi connectivity index (χ1n) is 11.3. The maximum Gasteiger partial charge on any atom is 0.343 e. The van der Waals surface area contributed by atoms with Gasteiger partial charge >= 0.3 is 23.9 Å². The fourth-order valence-corrected chi connectivity index (χ4v) is 5.08. The van der Waals surface area contributed by atoms with Crippen molar-refractivity contribution >= 4 is 87.6 Å². The van der Waals surface area contributed by atoms with Crippen LogP contribution in [0.4, 0.5) is 0 Å². The van der Waals surface area contributed by atoms with E-state index in [0.717, 1.165) is 0 Å². The Morgan fingerprint density at radius 2 is 0.600 bits per heavy atom. The molecule has 0 aromatic heterocycles. The minimum atomic E-state index is -0.830. The lowest BCUT2D eigenvalue weighted by Gasteiger charge is -2.14. The highest BCUT2D eigenvalue weighted by Gasteiger charge is 2.31. The molecule has 0 saturated heterocycles. The second-order valence-corrected chi connectivity index (χ2v) is 10.2. The Morgan fingerprint density at radius 3 is 0.725 bits per heavy atom. The summed E-state index contributed by atoms with van der Waals surface area (Å²) in [6, 6.07) is 0. The molecule has 2 aromatic carbocycles. The standard InChI is InChI=1S/2C12H12Br2O6/c2*1-3-19-11(17)5-7(13)10(16)6(8(14)9(5)15)12(18)20-4-2/h2*15-16H,3-4H2,1-2H3. The maximum atomic E-state index is 11.7. The fourth-order valence-electron chi connectivity index (χ4n) is 2.89. The van der Waals surface area contributed by atoms with E-state index in [1.807, 2.05) is 0 Å². The van der Waals surface area contributed by atoms with Crippen molar-refractivity contribution in [2.45, 2.75) is 27.7 Å². The lowest BCUT2D eigenvalue weighted by atomic mass is 10.1. The summed E-state index contributed by atoms with van der Waals surface area (Å²) in [4.78, 5) is 46.9. The molecular formula is C24H24Br4O12. The number of benzene rings is 2. The lowest BCUT2D eigenvalue weighted by Crippen LogP contribution is -2.11. The number of halogens is 4. The number of phenolic OH excluding ortho intramolecular Hbond substituents is 4. The average molecular weight is 824 g/mol. The van der Waals surface area contributed by atoms with Crippen LogP contribution in [0.2, 0.25) is 0 Å². The molecule has 4 N–H and O–H groups in total. The van der Waals surface area contributed by atoms with Crippen LogP contribution < -0.4 is 0 Å². The van der Waals surface area contributed by atoms with Crippen LogP contribution in [0.5, 0.6) is 23.0 Å². The van der Waals surface area contributed by atoms with Crippen molar-refractivity contribution in [1.82, 2.24) is 0 Å².